The Bertz CT molecular complexity index is 1370. The van der Waals surface area contributed by atoms with E-state index in [9.17, 15) is 28.1 Å². The van der Waals surface area contributed by atoms with E-state index in [0.717, 1.165) is 12.1 Å². The number of hydrogen-bond acceptors (Lipinski definition) is 6. The molecule has 0 spiro atoms. The molecular weight excluding hydrogens is 556 g/mol. The van der Waals surface area contributed by atoms with Gasteiger partial charge >= 0.3 is 6.18 Å². The van der Waals surface area contributed by atoms with Crippen molar-refractivity contribution in [3.63, 3.8) is 0 Å². The van der Waals surface area contributed by atoms with E-state index >= 15 is 0 Å². The molecule has 1 aliphatic heterocycles. The van der Waals surface area contributed by atoms with Crippen molar-refractivity contribution in [1.29, 1.82) is 0 Å². The van der Waals surface area contributed by atoms with Crippen LogP contribution in [0.1, 0.15) is 16.1 Å². The van der Waals surface area contributed by atoms with Gasteiger partial charge in [0, 0.05) is 37.8 Å². The van der Waals surface area contributed by atoms with Gasteiger partial charge in [0.15, 0.2) is 10.9 Å². The van der Waals surface area contributed by atoms with Crippen LogP contribution in [0.5, 0.6) is 0 Å². The van der Waals surface area contributed by atoms with Crippen molar-refractivity contribution in [2.75, 3.05) is 31.1 Å². The summed E-state index contributed by atoms with van der Waals surface area (Å²) in [6.07, 6.45) is -4.69. The number of halogens is 5. The third-order valence-electron chi connectivity index (χ3n) is 5.67. The summed E-state index contributed by atoms with van der Waals surface area (Å²) in [6, 6.07) is 10.5. The normalized spacial score (nSPS) is 14.0. The van der Waals surface area contributed by atoms with E-state index in [1.165, 1.54) is 6.07 Å². The van der Waals surface area contributed by atoms with Gasteiger partial charge in [0.05, 0.1) is 20.5 Å². The molecule has 0 unspecified atom stereocenters. The van der Waals surface area contributed by atoms with Gasteiger partial charge in [-0.3, -0.25) is 20.2 Å². The summed E-state index contributed by atoms with van der Waals surface area (Å²) in [5, 5.41) is 14.7. The minimum atomic E-state index is -4.69. The Kier molecular flexibility index (Phi) is 7.62. The van der Waals surface area contributed by atoms with E-state index in [2.05, 4.69) is 5.32 Å². The van der Waals surface area contributed by atoms with Gasteiger partial charge in [0.1, 0.15) is 11.4 Å². The largest absolute Gasteiger partial charge is 0.451 e. The SMILES string of the molecule is O=C(NC(=S)N1CCN(c2ccc(C(F)(F)F)cc2[N+](=O)[O-])CC1)c1ccc(-c2cccc(Cl)c2Cl)o1. The maximum Gasteiger partial charge on any atom is 0.416 e. The third kappa shape index (κ3) is 5.81. The lowest BCUT2D eigenvalue weighted by Gasteiger charge is -2.37. The molecule has 14 heteroatoms. The van der Waals surface area contributed by atoms with Gasteiger partial charge in [-0.15, -0.1) is 0 Å². The number of anilines is 1. The van der Waals surface area contributed by atoms with Crippen molar-refractivity contribution < 1.29 is 27.3 Å². The molecule has 3 aromatic rings. The van der Waals surface area contributed by atoms with Crippen LogP contribution >= 0.6 is 35.4 Å². The summed E-state index contributed by atoms with van der Waals surface area (Å²) in [6.45, 7) is 1.03. The van der Waals surface area contributed by atoms with Crippen LogP contribution in [-0.4, -0.2) is 47.0 Å². The summed E-state index contributed by atoms with van der Waals surface area (Å²) in [4.78, 5) is 26.5. The molecule has 0 atom stereocenters. The molecule has 1 amide bonds. The van der Waals surface area contributed by atoms with E-state index < -0.39 is 28.3 Å². The van der Waals surface area contributed by atoms with Gasteiger partial charge in [0.25, 0.3) is 11.6 Å². The first-order valence-corrected chi connectivity index (χ1v) is 11.9. The van der Waals surface area contributed by atoms with Crippen molar-refractivity contribution in [3.8, 4) is 11.3 Å². The van der Waals surface area contributed by atoms with Crippen molar-refractivity contribution in [1.82, 2.24) is 10.2 Å². The number of amides is 1. The molecule has 1 N–H and O–H groups in total. The summed E-state index contributed by atoms with van der Waals surface area (Å²) >= 11 is 17.6. The number of nitro groups is 1. The number of nitrogens with one attached hydrogen (secondary N) is 1. The minimum Gasteiger partial charge on any atom is -0.451 e. The van der Waals surface area contributed by atoms with Crippen LogP contribution in [0.3, 0.4) is 0 Å². The molecule has 8 nitrogen and oxygen atoms in total. The molecule has 0 radical (unpaired) electrons. The number of nitrogens with zero attached hydrogens (tertiary/aromatic N) is 3. The minimum absolute atomic E-state index is 0.00703. The van der Waals surface area contributed by atoms with Gasteiger partial charge in [-0.05, 0) is 48.6 Å². The summed E-state index contributed by atoms with van der Waals surface area (Å²) in [5.41, 5.74) is -1.13. The highest BCUT2D eigenvalue weighted by atomic mass is 35.5. The number of nitro benzene ring substituents is 1. The molecule has 4 rings (SSSR count). The highest BCUT2D eigenvalue weighted by Gasteiger charge is 2.34. The summed E-state index contributed by atoms with van der Waals surface area (Å²) < 4.78 is 44.6. The van der Waals surface area contributed by atoms with E-state index in [1.54, 1.807) is 34.1 Å². The second-order valence-electron chi connectivity index (χ2n) is 7.96. The maximum atomic E-state index is 13.0. The van der Waals surface area contributed by atoms with Crippen molar-refractivity contribution in [3.05, 3.63) is 80.0 Å². The number of carbonyl (C=O) groups is 1. The number of carbonyl (C=O) groups excluding carboxylic acids is 1. The Morgan fingerprint density at radius 2 is 1.78 bits per heavy atom. The Hall–Kier alpha value is -3.35. The standard InChI is InChI=1S/C23H17Cl2F3N4O4S/c24-15-3-1-2-14(20(15)25)18-6-7-19(36-18)21(33)29-22(37)31-10-8-30(9-11-31)16-5-4-13(23(26,27)28)12-17(16)32(34)35/h1-7,12H,8-11H2,(H,29,33,37). The number of benzene rings is 2. The fourth-order valence-electron chi connectivity index (χ4n) is 3.80. The van der Waals surface area contributed by atoms with E-state index in [-0.39, 0.29) is 47.8 Å². The van der Waals surface area contributed by atoms with Crippen LogP contribution in [0.25, 0.3) is 11.3 Å². The number of rotatable bonds is 4. The smallest absolute Gasteiger partial charge is 0.416 e. The molecule has 1 aliphatic rings. The number of piperazine rings is 1. The second kappa shape index (κ2) is 10.6. The first-order chi connectivity index (χ1) is 17.5. The monoisotopic (exact) mass is 572 g/mol. The fraction of sp³-hybridized carbons (Fsp3) is 0.217. The fourth-order valence-corrected chi connectivity index (χ4v) is 4.47. The predicted molar refractivity (Wildman–Crippen MR) is 136 cm³/mol. The van der Waals surface area contributed by atoms with Gasteiger partial charge in [0.2, 0.25) is 0 Å². The van der Waals surface area contributed by atoms with Crippen LogP contribution in [0, 0.1) is 10.1 Å². The molecule has 0 bridgehead atoms. The number of alkyl halides is 3. The van der Waals surface area contributed by atoms with Crippen LogP contribution < -0.4 is 10.2 Å². The predicted octanol–water partition coefficient (Wildman–Crippen LogP) is 6.02. The van der Waals surface area contributed by atoms with E-state index in [1.807, 2.05) is 0 Å². The van der Waals surface area contributed by atoms with Crippen LogP contribution in [0.4, 0.5) is 24.5 Å². The average molecular weight is 573 g/mol. The molecule has 0 aliphatic carbocycles. The highest BCUT2D eigenvalue weighted by Crippen LogP contribution is 2.37. The number of furan rings is 1. The zero-order valence-electron chi connectivity index (χ0n) is 18.7. The van der Waals surface area contributed by atoms with Gasteiger partial charge in [-0.1, -0.05) is 29.3 Å². The van der Waals surface area contributed by atoms with E-state index in [4.69, 9.17) is 39.8 Å². The Morgan fingerprint density at radius 1 is 1.08 bits per heavy atom. The molecule has 0 saturated carbocycles. The molecule has 2 heterocycles. The third-order valence-corrected chi connectivity index (χ3v) is 6.85. The summed E-state index contributed by atoms with van der Waals surface area (Å²) in [7, 11) is 0. The van der Waals surface area contributed by atoms with E-state index in [0.29, 0.717) is 22.4 Å². The molecule has 194 valence electrons. The molecule has 1 fully saturated rings. The summed E-state index contributed by atoms with van der Waals surface area (Å²) in [5.74, 6) is -0.252. The molecule has 37 heavy (non-hydrogen) atoms. The number of hydrogen-bond donors (Lipinski definition) is 1. The first-order valence-electron chi connectivity index (χ1n) is 10.7. The lowest BCUT2D eigenvalue weighted by Crippen LogP contribution is -2.52. The van der Waals surface area contributed by atoms with Crippen molar-refractivity contribution in [2.24, 2.45) is 0 Å². The number of thiocarbonyl (C=S) groups is 1. The van der Waals surface area contributed by atoms with Gasteiger partial charge in [-0.25, -0.2) is 0 Å². The Balaban J connectivity index is 1.39. The topological polar surface area (TPSA) is 91.9 Å². The van der Waals surface area contributed by atoms with Crippen molar-refractivity contribution >= 4 is 57.8 Å². The zero-order chi connectivity index (χ0) is 26.9. The average Bonchev–Trinajstić information content (AvgIpc) is 3.35. The molecular formula is C23H17Cl2F3N4O4S. The van der Waals surface area contributed by atoms with Crippen LogP contribution in [0.15, 0.2) is 52.9 Å². The van der Waals surface area contributed by atoms with Gasteiger partial charge < -0.3 is 14.2 Å². The molecule has 1 saturated heterocycles. The second-order valence-corrected chi connectivity index (χ2v) is 9.13. The zero-order valence-corrected chi connectivity index (χ0v) is 21.0. The van der Waals surface area contributed by atoms with Crippen LogP contribution in [-0.2, 0) is 6.18 Å². The lowest BCUT2D eigenvalue weighted by molar-refractivity contribution is -0.384. The Labute approximate surface area is 223 Å². The van der Waals surface area contributed by atoms with Crippen LogP contribution in [0.2, 0.25) is 10.0 Å². The quantitative estimate of drug-likeness (QED) is 0.232. The maximum absolute atomic E-state index is 13.0. The highest BCUT2D eigenvalue weighted by molar-refractivity contribution is 7.80. The van der Waals surface area contributed by atoms with Crippen molar-refractivity contribution in [2.45, 2.75) is 6.18 Å². The molecule has 2 aromatic carbocycles. The first kappa shape index (κ1) is 26.7. The lowest BCUT2D eigenvalue weighted by atomic mass is 10.1. The Morgan fingerprint density at radius 3 is 2.43 bits per heavy atom. The van der Waals surface area contributed by atoms with Gasteiger partial charge in [-0.2, -0.15) is 13.2 Å². The molecule has 1 aromatic heterocycles.